The second-order valence-corrected chi connectivity index (χ2v) is 8.06. The minimum Gasteiger partial charge on any atom is -0.497 e. The van der Waals surface area contributed by atoms with Gasteiger partial charge in [0, 0.05) is 37.9 Å². The Bertz CT molecular complexity index is 1280. The maximum atomic E-state index is 11.4. The minimum absolute atomic E-state index is 0.159. The Morgan fingerprint density at radius 3 is 2.36 bits per heavy atom. The highest BCUT2D eigenvalue weighted by Crippen LogP contribution is 2.29. The molecular formula is C25H25N5O3. The fourth-order valence-electron chi connectivity index (χ4n) is 4.43. The summed E-state index contributed by atoms with van der Waals surface area (Å²) >= 11 is 0. The largest absolute Gasteiger partial charge is 0.497 e. The van der Waals surface area contributed by atoms with Crippen molar-refractivity contribution in [3.05, 3.63) is 88.7 Å². The second kappa shape index (κ2) is 8.91. The van der Waals surface area contributed by atoms with Crippen LogP contribution in [0, 0.1) is 10.1 Å². The number of anilines is 1. The molecule has 5 rings (SSSR count). The third-order valence-corrected chi connectivity index (χ3v) is 6.12. The van der Waals surface area contributed by atoms with Crippen molar-refractivity contribution >= 4 is 22.4 Å². The summed E-state index contributed by atoms with van der Waals surface area (Å²) in [5, 5.41) is 11.4. The minimum atomic E-state index is -0.307. The molecule has 0 unspecified atom stereocenters. The SMILES string of the molecule is COc1ccc(-n2c(CN3CCN(c4ccccc4[N+](=O)[O-])CC3)nc3ccccc32)cc1. The van der Waals surface area contributed by atoms with Gasteiger partial charge in [-0.25, -0.2) is 4.98 Å². The molecule has 8 nitrogen and oxygen atoms in total. The van der Waals surface area contributed by atoms with Gasteiger partial charge in [0.05, 0.1) is 29.6 Å². The van der Waals surface area contributed by atoms with E-state index in [1.807, 2.05) is 54.6 Å². The van der Waals surface area contributed by atoms with Crippen molar-refractivity contribution in [1.82, 2.24) is 14.5 Å². The number of hydrogen-bond donors (Lipinski definition) is 0. The molecule has 0 aliphatic carbocycles. The molecule has 3 aromatic carbocycles. The summed E-state index contributed by atoms with van der Waals surface area (Å²) in [7, 11) is 1.66. The number of nitro benzene ring substituents is 1. The summed E-state index contributed by atoms with van der Waals surface area (Å²) in [5.41, 5.74) is 3.91. The van der Waals surface area contributed by atoms with E-state index in [9.17, 15) is 10.1 Å². The lowest BCUT2D eigenvalue weighted by molar-refractivity contribution is -0.384. The monoisotopic (exact) mass is 443 g/mol. The van der Waals surface area contributed by atoms with Crippen molar-refractivity contribution in [3.8, 4) is 11.4 Å². The first-order valence-corrected chi connectivity index (χ1v) is 11.0. The number of hydrogen-bond acceptors (Lipinski definition) is 6. The third-order valence-electron chi connectivity index (χ3n) is 6.12. The molecule has 0 saturated carbocycles. The van der Waals surface area contributed by atoms with E-state index in [-0.39, 0.29) is 10.6 Å². The molecule has 1 aromatic heterocycles. The number of methoxy groups -OCH3 is 1. The highest BCUT2D eigenvalue weighted by molar-refractivity contribution is 5.78. The third kappa shape index (κ3) is 4.12. The fourth-order valence-corrected chi connectivity index (χ4v) is 4.43. The molecule has 0 bridgehead atoms. The van der Waals surface area contributed by atoms with Crippen LogP contribution < -0.4 is 9.64 Å². The predicted octanol–water partition coefficient (Wildman–Crippen LogP) is 4.26. The maximum Gasteiger partial charge on any atom is 0.292 e. The molecule has 0 N–H and O–H groups in total. The van der Waals surface area contributed by atoms with Gasteiger partial charge in [-0.3, -0.25) is 19.6 Å². The Morgan fingerprint density at radius 2 is 1.64 bits per heavy atom. The van der Waals surface area contributed by atoms with Gasteiger partial charge in [0.25, 0.3) is 5.69 Å². The summed E-state index contributed by atoms with van der Waals surface area (Å²) in [6.07, 6.45) is 0. The van der Waals surface area contributed by atoms with Crippen LogP contribution in [0.2, 0.25) is 0 Å². The number of aromatic nitrogens is 2. The number of ether oxygens (including phenoxy) is 1. The van der Waals surface area contributed by atoms with Gasteiger partial charge in [0.2, 0.25) is 0 Å². The molecule has 1 aliphatic heterocycles. The highest BCUT2D eigenvalue weighted by atomic mass is 16.6. The lowest BCUT2D eigenvalue weighted by Crippen LogP contribution is -2.46. The second-order valence-electron chi connectivity index (χ2n) is 8.06. The van der Waals surface area contributed by atoms with Crippen molar-refractivity contribution in [1.29, 1.82) is 0 Å². The first-order chi connectivity index (χ1) is 16.1. The van der Waals surface area contributed by atoms with Crippen molar-refractivity contribution in [2.75, 3.05) is 38.2 Å². The van der Waals surface area contributed by atoms with Crippen LogP contribution in [0.5, 0.6) is 5.75 Å². The molecule has 1 aliphatic rings. The lowest BCUT2D eigenvalue weighted by Gasteiger charge is -2.35. The maximum absolute atomic E-state index is 11.4. The van der Waals surface area contributed by atoms with Crippen LogP contribution in [-0.2, 0) is 6.54 Å². The Labute approximate surface area is 191 Å². The average Bonchev–Trinajstić information content (AvgIpc) is 3.22. The van der Waals surface area contributed by atoms with Crippen molar-refractivity contribution in [2.45, 2.75) is 6.54 Å². The molecule has 0 amide bonds. The summed E-state index contributed by atoms with van der Waals surface area (Å²) < 4.78 is 7.51. The van der Waals surface area contributed by atoms with E-state index in [4.69, 9.17) is 9.72 Å². The van der Waals surface area contributed by atoms with E-state index in [1.165, 1.54) is 0 Å². The van der Waals surface area contributed by atoms with E-state index < -0.39 is 0 Å². The first kappa shape index (κ1) is 21.0. The molecule has 168 valence electrons. The van der Waals surface area contributed by atoms with Gasteiger partial charge < -0.3 is 9.64 Å². The summed E-state index contributed by atoms with van der Waals surface area (Å²) in [6.45, 7) is 3.77. The van der Waals surface area contributed by atoms with Crippen LogP contribution >= 0.6 is 0 Å². The van der Waals surface area contributed by atoms with Gasteiger partial charge in [0.15, 0.2) is 0 Å². The smallest absolute Gasteiger partial charge is 0.292 e. The zero-order valence-corrected chi connectivity index (χ0v) is 18.4. The molecule has 33 heavy (non-hydrogen) atoms. The summed E-state index contributed by atoms with van der Waals surface area (Å²) in [6, 6.07) is 23.1. The van der Waals surface area contributed by atoms with E-state index in [0.717, 1.165) is 54.5 Å². The molecule has 4 aromatic rings. The number of fused-ring (bicyclic) bond motifs is 1. The van der Waals surface area contributed by atoms with Crippen LogP contribution in [0.3, 0.4) is 0 Å². The number of para-hydroxylation sites is 4. The van der Waals surface area contributed by atoms with Crippen LogP contribution in [-0.4, -0.2) is 52.7 Å². The Balaban J connectivity index is 1.38. The van der Waals surface area contributed by atoms with Crippen molar-refractivity contribution < 1.29 is 9.66 Å². The zero-order valence-electron chi connectivity index (χ0n) is 18.4. The van der Waals surface area contributed by atoms with Gasteiger partial charge in [-0.1, -0.05) is 24.3 Å². The van der Waals surface area contributed by atoms with Crippen LogP contribution in [0.4, 0.5) is 11.4 Å². The van der Waals surface area contributed by atoms with Crippen molar-refractivity contribution in [3.63, 3.8) is 0 Å². The van der Waals surface area contributed by atoms with Gasteiger partial charge in [-0.15, -0.1) is 0 Å². The number of imidazole rings is 1. The Kier molecular flexibility index (Phi) is 5.66. The number of nitro groups is 1. The molecule has 0 spiro atoms. The topological polar surface area (TPSA) is 76.7 Å². The number of rotatable bonds is 6. The number of nitrogens with zero attached hydrogens (tertiary/aromatic N) is 5. The Morgan fingerprint density at radius 1 is 0.939 bits per heavy atom. The summed E-state index contributed by atoms with van der Waals surface area (Å²) in [4.78, 5) is 20.5. The quantitative estimate of drug-likeness (QED) is 0.327. The zero-order chi connectivity index (χ0) is 22.8. The van der Waals surface area contributed by atoms with Gasteiger partial charge >= 0.3 is 0 Å². The van der Waals surface area contributed by atoms with E-state index in [2.05, 4.69) is 20.4 Å². The first-order valence-electron chi connectivity index (χ1n) is 11.0. The summed E-state index contributed by atoms with van der Waals surface area (Å²) in [5.74, 6) is 1.79. The number of piperazine rings is 1. The van der Waals surface area contributed by atoms with Crippen LogP contribution in [0.15, 0.2) is 72.8 Å². The van der Waals surface area contributed by atoms with E-state index in [1.54, 1.807) is 19.2 Å². The molecule has 0 radical (unpaired) electrons. The molecular weight excluding hydrogens is 418 g/mol. The fraction of sp³-hybridized carbons (Fsp3) is 0.240. The van der Waals surface area contributed by atoms with Crippen LogP contribution in [0.1, 0.15) is 5.82 Å². The molecule has 0 atom stereocenters. The predicted molar refractivity (Wildman–Crippen MR) is 128 cm³/mol. The van der Waals surface area contributed by atoms with Gasteiger partial charge in [-0.05, 0) is 42.5 Å². The molecule has 8 heteroatoms. The average molecular weight is 444 g/mol. The highest BCUT2D eigenvalue weighted by Gasteiger charge is 2.24. The Hall–Kier alpha value is -3.91. The molecule has 1 fully saturated rings. The van der Waals surface area contributed by atoms with Crippen molar-refractivity contribution in [2.24, 2.45) is 0 Å². The molecule has 2 heterocycles. The van der Waals surface area contributed by atoms with E-state index in [0.29, 0.717) is 12.2 Å². The molecule has 1 saturated heterocycles. The normalized spacial score (nSPS) is 14.5. The van der Waals surface area contributed by atoms with E-state index >= 15 is 0 Å². The van der Waals surface area contributed by atoms with Gasteiger partial charge in [0.1, 0.15) is 17.3 Å². The number of benzene rings is 3. The standard InChI is InChI=1S/C25H25N5O3/c1-33-20-12-10-19(11-13-20)29-22-7-3-2-6-21(22)26-25(29)18-27-14-16-28(17-15-27)23-8-4-5-9-24(23)30(31)32/h2-13H,14-18H2,1H3. The lowest BCUT2D eigenvalue weighted by atomic mass is 10.2. The van der Waals surface area contributed by atoms with Gasteiger partial charge in [-0.2, -0.15) is 0 Å². The van der Waals surface area contributed by atoms with Crippen LogP contribution in [0.25, 0.3) is 16.7 Å².